The molecule has 1 aromatic carbocycles. The number of nitrogens with one attached hydrogen (secondary N) is 2. The molecule has 4 aromatic heterocycles. The van der Waals surface area contributed by atoms with Gasteiger partial charge < -0.3 is 14.6 Å². The number of aryl methyl sites for hydroxylation is 1. The molecule has 0 radical (unpaired) electrons. The quantitative estimate of drug-likeness (QED) is 0.256. The molecule has 1 aliphatic rings. The number of rotatable bonds is 8. The Hall–Kier alpha value is -5.23. The molecule has 0 aliphatic carbocycles. The number of amides is 2. The van der Waals surface area contributed by atoms with Crippen LogP contribution in [0.15, 0.2) is 60.9 Å². The van der Waals surface area contributed by atoms with Gasteiger partial charge in [0.1, 0.15) is 23.5 Å². The second kappa shape index (κ2) is 12.2. The van der Waals surface area contributed by atoms with Crippen LogP contribution in [0.2, 0.25) is 0 Å². The lowest BCUT2D eigenvalue weighted by Gasteiger charge is -2.19. The molecule has 2 atom stereocenters. The molecule has 6 rings (SSSR count). The molecule has 1 fully saturated rings. The topological polar surface area (TPSA) is 148 Å². The summed E-state index contributed by atoms with van der Waals surface area (Å²) in [6.45, 7) is 3.10. The molecule has 0 saturated carbocycles. The lowest BCUT2D eigenvalue weighted by Crippen LogP contribution is -2.42. The third-order valence-electron chi connectivity index (χ3n) is 7.41. The van der Waals surface area contributed by atoms with E-state index in [-0.39, 0.29) is 5.82 Å². The Morgan fingerprint density at radius 2 is 2.05 bits per heavy atom. The molecule has 0 bridgehead atoms. The number of hydrogen-bond acceptors (Lipinski definition) is 9. The van der Waals surface area contributed by atoms with Crippen LogP contribution in [0.25, 0.3) is 28.1 Å². The first-order valence-electron chi connectivity index (χ1n) is 13.8. The van der Waals surface area contributed by atoms with Crippen molar-refractivity contribution < 1.29 is 18.8 Å². The summed E-state index contributed by atoms with van der Waals surface area (Å²) in [6, 6.07) is 15.3. The maximum absolute atomic E-state index is 14.0. The van der Waals surface area contributed by atoms with Crippen LogP contribution in [0, 0.1) is 24.2 Å². The number of pyridine rings is 2. The molecular weight excluding hydrogens is 567 g/mol. The number of nitriles is 1. The molecule has 44 heavy (non-hydrogen) atoms. The van der Waals surface area contributed by atoms with E-state index >= 15 is 0 Å². The van der Waals surface area contributed by atoms with E-state index in [0.717, 1.165) is 5.69 Å². The normalized spacial score (nSPS) is 16.7. The van der Waals surface area contributed by atoms with E-state index in [0.29, 0.717) is 59.1 Å². The first-order chi connectivity index (χ1) is 21.4. The highest BCUT2D eigenvalue weighted by atomic mass is 19.1. The number of urea groups is 1. The van der Waals surface area contributed by atoms with Crippen molar-refractivity contribution in [2.24, 2.45) is 7.05 Å². The fourth-order valence-electron chi connectivity index (χ4n) is 5.23. The Morgan fingerprint density at radius 1 is 1.23 bits per heavy atom. The molecule has 2 amide bonds. The maximum Gasteiger partial charge on any atom is 0.320 e. The van der Waals surface area contributed by atoms with Gasteiger partial charge in [-0.25, -0.2) is 24.4 Å². The molecule has 1 saturated heterocycles. The van der Waals surface area contributed by atoms with Crippen LogP contribution >= 0.6 is 0 Å². The van der Waals surface area contributed by atoms with E-state index in [4.69, 9.17) is 14.7 Å². The predicted molar refractivity (Wildman–Crippen MR) is 158 cm³/mol. The Labute approximate surface area is 251 Å². The van der Waals surface area contributed by atoms with Crippen molar-refractivity contribution in [3.63, 3.8) is 0 Å². The van der Waals surface area contributed by atoms with Gasteiger partial charge in [-0.2, -0.15) is 19.8 Å². The van der Waals surface area contributed by atoms with E-state index in [1.54, 1.807) is 40.7 Å². The summed E-state index contributed by atoms with van der Waals surface area (Å²) in [5.41, 5.74) is 4.36. The largest absolute Gasteiger partial charge is 0.383 e. The standard InChI is InChI=1S/C30H29FN10O3/c1-18-26(20-13-22-29(34-16-20)39(2)25(15-32)35-22)38-41(21-7-5-4-6-8-21)28(18)37-30(42)36-23-17-40(11-12-43-3)44-27(23)19-9-10-33-24(31)14-19/h4-10,13-14,16,23,27H,11-12,17H2,1-3H3,(H2,36,37,42)/t23-,27+/m1/s1. The summed E-state index contributed by atoms with van der Waals surface area (Å²) >= 11 is 0. The number of hydroxylamine groups is 2. The first kappa shape index (κ1) is 28.9. The van der Waals surface area contributed by atoms with Crippen molar-refractivity contribution in [3.8, 4) is 23.0 Å². The minimum absolute atomic E-state index is 0.250. The number of ether oxygens (including phenoxy) is 1. The van der Waals surface area contributed by atoms with E-state index in [2.05, 4.69) is 31.7 Å². The van der Waals surface area contributed by atoms with E-state index in [1.165, 1.54) is 12.3 Å². The van der Waals surface area contributed by atoms with Gasteiger partial charge in [0.25, 0.3) is 0 Å². The average Bonchev–Trinajstić information content (AvgIpc) is 3.69. The number of imidazole rings is 1. The molecule has 14 heteroatoms. The fraction of sp³-hybridized carbons (Fsp3) is 0.267. The van der Waals surface area contributed by atoms with Gasteiger partial charge in [-0.3, -0.25) is 10.2 Å². The molecule has 0 spiro atoms. The van der Waals surface area contributed by atoms with E-state index in [1.807, 2.05) is 43.3 Å². The fourth-order valence-corrected chi connectivity index (χ4v) is 5.23. The van der Waals surface area contributed by atoms with Crippen molar-refractivity contribution in [3.05, 3.63) is 83.8 Å². The van der Waals surface area contributed by atoms with Crippen LogP contribution in [-0.4, -0.2) is 73.2 Å². The van der Waals surface area contributed by atoms with Crippen molar-refractivity contribution in [2.45, 2.75) is 19.1 Å². The Kier molecular flexibility index (Phi) is 7.99. The number of anilines is 1. The zero-order valence-corrected chi connectivity index (χ0v) is 24.2. The first-order valence-corrected chi connectivity index (χ1v) is 13.8. The van der Waals surface area contributed by atoms with Gasteiger partial charge in [0.05, 0.1) is 24.0 Å². The van der Waals surface area contributed by atoms with Gasteiger partial charge in [-0.1, -0.05) is 18.2 Å². The number of fused-ring (bicyclic) bond motifs is 1. The SMILES string of the molecule is COCCN1C[C@@H](NC(=O)Nc2c(C)c(-c3cnc4c(c3)nc(C#N)n4C)nn2-c2ccccc2)[C@H](c2ccnc(F)c2)O1. The highest BCUT2D eigenvalue weighted by Gasteiger charge is 2.37. The van der Waals surface area contributed by atoms with Gasteiger partial charge >= 0.3 is 6.03 Å². The highest BCUT2D eigenvalue weighted by molar-refractivity contribution is 5.91. The number of hydrogen-bond donors (Lipinski definition) is 2. The zero-order chi connectivity index (χ0) is 30.8. The smallest absolute Gasteiger partial charge is 0.320 e. The molecule has 13 nitrogen and oxygen atoms in total. The third-order valence-corrected chi connectivity index (χ3v) is 7.41. The highest BCUT2D eigenvalue weighted by Crippen LogP contribution is 2.33. The van der Waals surface area contributed by atoms with E-state index in [9.17, 15) is 14.4 Å². The van der Waals surface area contributed by atoms with Crippen molar-refractivity contribution >= 4 is 23.0 Å². The zero-order valence-electron chi connectivity index (χ0n) is 24.2. The van der Waals surface area contributed by atoms with Crippen molar-refractivity contribution in [1.29, 1.82) is 5.26 Å². The van der Waals surface area contributed by atoms with Crippen LogP contribution in [-0.2, 0) is 16.6 Å². The van der Waals surface area contributed by atoms with Crippen molar-refractivity contribution in [2.75, 3.05) is 32.1 Å². The summed E-state index contributed by atoms with van der Waals surface area (Å²) in [7, 11) is 3.33. The van der Waals surface area contributed by atoms with Crippen LogP contribution in [0.1, 0.15) is 23.1 Å². The number of benzene rings is 1. The summed E-state index contributed by atoms with van der Waals surface area (Å²) in [5.74, 6) is 0.0608. The molecule has 2 N–H and O–H groups in total. The Bertz CT molecular complexity index is 1870. The second-order valence-corrected chi connectivity index (χ2v) is 10.3. The lowest BCUT2D eigenvalue weighted by atomic mass is 10.0. The summed E-state index contributed by atoms with van der Waals surface area (Å²) in [4.78, 5) is 32.2. The van der Waals surface area contributed by atoms with Crippen LogP contribution in [0.4, 0.5) is 15.0 Å². The number of carbonyl (C=O) groups excluding carboxylic acids is 1. The number of halogens is 1. The van der Waals surface area contributed by atoms with Crippen LogP contribution in [0.3, 0.4) is 0 Å². The van der Waals surface area contributed by atoms with Crippen LogP contribution in [0.5, 0.6) is 0 Å². The number of nitrogens with zero attached hydrogens (tertiary/aromatic N) is 8. The molecule has 0 unspecified atom stereocenters. The number of methoxy groups -OCH3 is 1. The van der Waals surface area contributed by atoms with Gasteiger partial charge in [0.2, 0.25) is 11.8 Å². The van der Waals surface area contributed by atoms with E-state index < -0.39 is 24.1 Å². The van der Waals surface area contributed by atoms with Crippen molar-refractivity contribution in [1.82, 2.24) is 39.7 Å². The Morgan fingerprint density at radius 3 is 2.80 bits per heavy atom. The monoisotopic (exact) mass is 596 g/mol. The summed E-state index contributed by atoms with van der Waals surface area (Å²) in [5, 5.41) is 21.9. The van der Waals surface area contributed by atoms with Gasteiger partial charge in [0, 0.05) is 50.8 Å². The third kappa shape index (κ3) is 5.59. The second-order valence-electron chi connectivity index (χ2n) is 10.3. The number of aromatic nitrogens is 6. The Balaban J connectivity index is 1.31. The molecule has 5 heterocycles. The van der Waals surface area contributed by atoms with Gasteiger partial charge in [-0.15, -0.1) is 0 Å². The predicted octanol–water partition coefficient (Wildman–Crippen LogP) is 3.66. The van der Waals surface area contributed by atoms with Gasteiger partial charge in [0.15, 0.2) is 5.65 Å². The maximum atomic E-state index is 14.0. The summed E-state index contributed by atoms with van der Waals surface area (Å²) < 4.78 is 22.4. The minimum atomic E-state index is -0.639. The molecule has 224 valence electrons. The molecule has 5 aromatic rings. The number of carbonyl (C=O) groups is 1. The van der Waals surface area contributed by atoms with Gasteiger partial charge in [-0.05, 0) is 42.8 Å². The average molecular weight is 597 g/mol. The number of para-hydroxylation sites is 1. The lowest BCUT2D eigenvalue weighted by molar-refractivity contribution is -0.154. The summed E-state index contributed by atoms with van der Waals surface area (Å²) in [6.07, 6.45) is 2.40. The molecular formula is C30H29FN10O3. The molecule has 1 aliphatic heterocycles. The van der Waals surface area contributed by atoms with Crippen LogP contribution < -0.4 is 10.6 Å². The minimum Gasteiger partial charge on any atom is -0.383 e.